The van der Waals surface area contributed by atoms with Gasteiger partial charge in [-0.1, -0.05) is 18.5 Å². The molecule has 1 aromatic rings. The molecule has 0 spiro atoms. The van der Waals surface area contributed by atoms with Gasteiger partial charge >= 0.3 is 0 Å². The molecule has 0 radical (unpaired) electrons. The molecule has 2 N–H and O–H groups in total. The first-order chi connectivity index (χ1) is 7.70. The summed E-state index contributed by atoms with van der Waals surface area (Å²) in [5.41, 5.74) is 5.56. The molecule has 0 aliphatic carbocycles. The molecular weight excluding hydrogens is 228 g/mol. The Morgan fingerprint density at radius 3 is 3.25 bits per heavy atom. The minimum atomic E-state index is 0.237. The molecule has 0 bridgehead atoms. The lowest BCUT2D eigenvalue weighted by Crippen LogP contribution is -2.42. The zero-order chi connectivity index (χ0) is 11.5. The van der Waals surface area contributed by atoms with Crippen LogP contribution in [0.2, 0.25) is 5.02 Å². The fraction of sp³-hybridized carbons (Fsp3) is 0.600. The van der Waals surface area contributed by atoms with Crippen molar-refractivity contribution in [2.45, 2.75) is 19.4 Å². The van der Waals surface area contributed by atoms with Crippen molar-refractivity contribution in [3.05, 3.63) is 11.2 Å². The van der Waals surface area contributed by atoms with E-state index in [9.17, 15) is 0 Å². The average Bonchev–Trinajstić information content (AvgIpc) is 2.32. The maximum Gasteiger partial charge on any atom is 0.222 e. The molecule has 1 aromatic heterocycles. The standard InChI is InChI=1S/C10H15ClN4O/c1-2-7-6-15(3-4-16-7)9-8(11)5-13-10(12)14-9/h5,7H,2-4,6H2,1H3,(H2,12,13,14). The van der Waals surface area contributed by atoms with Gasteiger partial charge in [0.05, 0.1) is 18.9 Å². The first-order valence-electron chi connectivity index (χ1n) is 5.35. The summed E-state index contributed by atoms with van der Waals surface area (Å²) in [4.78, 5) is 10.1. The van der Waals surface area contributed by atoms with Gasteiger partial charge in [0.2, 0.25) is 5.95 Å². The van der Waals surface area contributed by atoms with Crippen LogP contribution in [0.3, 0.4) is 0 Å². The second-order valence-corrected chi connectivity index (χ2v) is 4.15. The van der Waals surface area contributed by atoms with Crippen molar-refractivity contribution in [2.24, 2.45) is 0 Å². The van der Waals surface area contributed by atoms with E-state index < -0.39 is 0 Å². The van der Waals surface area contributed by atoms with E-state index >= 15 is 0 Å². The van der Waals surface area contributed by atoms with Gasteiger partial charge in [0.1, 0.15) is 5.02 Å². The highest BCUT2D eigenvalue weighted by Gasteiger charge is 2.22. The predicted molar refractivity (Wildman–Crippen MR) is 63.7 cm³/mol. The molecule has 1 saturated heterocycles. The van der Waals surface area contributed by atoms with Crippen LogP contribution in [-0.2, 0) is 4.74 Å². The molecule has 16 heavy (non-hydrogen) atoms. The predicted octanol–water partition coefficient (Wildman–Crippen LogP) is 1.33. The summed E-state index contributed by atoms with van der Waals surface area (Å²) in [6.45, 7) is 4.38. The number of hydrogen-bond donors (Lipinski definition) is 1. The van der Waals surface area contributed by atoms with E-state index in [4.69, 9.17) is 22.1 Å². The van der Waals surface area contributed by atoms with Crippen molar-refractivity contribution in [3.8, 4) is 0 Å². The van der Waals surface area contributed by atoms with Gasteiger partial charge in [-0.05, 0) is 6.42 Å². The lowest BCUT2D eigenvalue weighted by molar-refractivity contribution is 0.0382. The Bertz CT molecular complexity index is 374. The van der Waals surface area contributed by atoms with Crippen molar-refractivity contribution in [3.63, 3.8) is 0 Å². The molecule has 6 heteroatoms. The summed E-state index contributed by atoms with van der Waals surface area (Å²) in [6, 6.07) is 0. The summed E-state index contributed by atoms with van der Waals surface area (Å²) < 4.78 is 5.59. The molecule has 88 valence electrons. The second kappa shape index (κ2) is 4.84. The van der Waals surface area contributed by atoms with Crippen molar-refractivity contribution >= 4 is 23.4 Å². The summed E-state index contributed by atoms with van der Waals surface area (Å²) in [5, 5.41) is 0.533. The zero-order valence-corrected chi connectivity index (χ0v) is 9.94. The molecule has 1 fully saturated rings. The van der Waals surface area contributed by atoms with E-state index in [0.717, 1.165) is 19.5 Å². The SMILES string of the molecule is CCC1CN(c2nc(N)ncc2Cl)CCO1. The summed E-state index contributed by atoms with van der Waals surface area (Å²) in [7, 11) is 0. The van der Waals surface area contributed by atoms with Gasteiger partial charge in [-0.2, -0.15) is 4.98 Å². The number of rotatable bonds is 2. The van der Waals surface area contributed by atoms with Crippen LogP contribution < -0.4 is 10.6 Å². The number of ether oxygens (including phenoxy) is 1. The highest BCUT2D eigenvalue weighted by Crippen LogP contribution is 2.25. The number of nitrogen functional groups attached to an aromatic ring is 1. The van der Waals surface area contributed by atoms with Crippen molar-refractivity contribution in [1.29, 1.82) is 0 Å². The van der Waals surface area contributed by atoms with E-state index in [1.54, 1.807) is 0 Å². The normalized spacial score (nSPS) is 21.1. The molecule has 2 heterocycles. The molecule has 1 aliphatic rings. The number of morpholine rings is 1. The minimum absolute atomic E-state index is 0.237. The highest BCUT2D eigenvalue weighted by atomic mass is 35.5. The Morgan fingerprint density at radius 1 is 1.69 bits per heavy atom. The highest BCUT2D eigenvalue weighted by molar-refractivity contribution is 6.32. The first-order valence-corrected chi connectivity index (χ1v) is 5.73. The molecule has 0 aromatic carbocycles. The number of anilines is 2. The third-order valence-electron chi connectivity index (χ3n) is 2.64. The number of aromatic nitrogens is 2. The topological polar surface area (TPSA) is 64.3 Å². The Labute approximate surface area is 99.6 Å². The van der Waals surface area contributed by atoms with Gasteiger partial charge < -0.3 is 15.4 Å². The van der Waals surface area contributed by atoms with Crippen LogP contribution in [0.25, 0.3) is 0 Å². The minimum Gasteiger partial charge on any atom is -0.375 e. The van der Waals surface area contributed by atoms with Crippen LogP contribution in [0, 0.1) is 0 Å². The van der Waals surface area contributed by atoms with Gasteiger partial charge in [0.25, 0.3) is 0 Å². The third kappa shape index (κ3) is 2.36. The van der Waals surface area contributed by atoms with Crippen LogP contribution >= 0.6 is 11.6 Å². The fourth-order valence-electron chi connectivity index (χ4n) is 1.75. The molecule has 5 nitrogen and oxygen atoms in total. The van der Waals surface area contributed by atoms with E-state index in [-0.39, 0.29) is 12.1 Å². The summed E-state index contributed by atoms with van der Waals surface area (Å²) >= 11 is 6.06. The van der Waals surface area contributed by atoms with Crippen LogP contribution in [0.15, 0.2) is 6.20 Å². The molecule has 2 rings (SSSR count). The Balaban J connectivity index is 2.19. The van der Waals surface area contributed by atoms with Crippen LogP contribution in [-0.4, -0.2) is 35.8 Å². The molecule has 1 unspecified atom stereocenters. The zero-order valence-electron chi connectivity index (χ0n) is 9.19. The van der Waals surface area contributed by atoms with Gasteiger partial charge in [-0.3, -0.25) is 0 Å². The lowest BCUT2D eigenvalue weighted by Gasteiger charge is -2.33. The van der Waals surface area contributed by atoms with Crippen molar-refractivity contribution < 1.29 is 4.74 Å². The van der Waals surface area contributed by atoms with Gasteiger partial charge in [-0.25, -0.2) is 4.98 Å². The molecule has 1 aliphatic heterocycles. The maximum atomic E-state index is 6.06. The van der Waals surface area contributed by atoms with Crippen molar-refractivity contribution in [2.75, 3.05) is 30.3 Å². The summed E-state index contributed by atoms with van der Waals surface area (Å²) in [5.74, 6) is 0.954. The Morgan fingerprint density at radius 2 is 2.50 bits per heavy atom. The van der Waals surface area contributed by atoms with E-state index in [0.29, 0.717) is 17.4 Å². The fourth-order valence-corrected chi connectivity index (χ4v) is 1.96. The monoisotopic (exact) mass is 242 g/mol. The quantitative estimate of drug-likeness (QED) is 0.848. The molecular formula is C10H15ClN4O. The maximum absolute atomic E-state index is 6.06. The van der Waals surface area contributed by atoms with Crippen LogP contribution in [0.4, 0.5) is 11.8 Å². The van der Waals surface area contributed by atoms with Crippen molar-refractivity contribution in [1.82, 2.24) is 9.97 Å². The van der Waals surface area contributed by atoms with E-state index in [1.165, 1.54) is 6.20 Å². The number of halogens is 1. The molecule has 1 atom stereocenters. The Kier molecular flexibility index (Phi) is 3.46. The number of nitrogens with two attached hydrogens (primary N) is 1. The largest absolute Gasteiger partial charge is 0.375 e. The van der Waals surface area contributed by atoms with Gasteiger partial charge in [-0.15, -0.1) is 0 Å². The Hall–Kier alpha value is -1.07. The van der Waals surface area contributed by atoms with Gasteiger partial charge in [0, 0.05) is 13.1 Å². The van der Waals surface area contributed by atoms with E-state index in [2.05, 4.69) is 21.8 Å². The van der Waals surface area contributed by atoms with E-state index in [1.807, 2.05) is 0 Å². The van der Waals surface area contributed by atoms with Crippen LogP contribution in [0.5, 0.6) is 0 Å². The number of hydrogen-bond acceptors (Lipinski definition) is 5. The molecule has 0 saturated carbocycles. The average molecular weight is 243 g/mol. The molecule has 0 amide bonds. The second-order valence-electron chi connectivity index (χ2n) is 3.75. The smallest absolute Gasteiger partial charge is 0.222 e. The lowest BCUT2D eigenvalue weighted by atomic mass is 10.2. The summed E-state index contributed by atoms with van der Waals surface area (Å²) in [6.07, 6.45) is 2.76. The van der Waals surface area contributed by atoms with Gasteiger partial charge in [0.15, 0.2) is 5.82 Å². The first kappa shape index (κ1) is 11.4. The number of nitrogens with zero attached hydrogens (tertiary/aromatic N) is 3. The third-order valence-corrected chi connectivity index (χ3v) is 2.90. The van der Waals surface area contributed by atoms with Crippen LogP contribution in [0.1, 0.15) is 13.3 Å².